The summed E-state index contributed by atoms with van der Waals surface area (Å²) in [5.41, 5.74) is 3.82. The molecule has 0 fully saturated rings. The highest BCUT2D eigenvalue weighted by atomic mass is 32.2. The lowest BCUT2D eigenvalue weighted by molar-refractivity contribution is -0.136. The monoisotopic (exact) mass is 306 g/mol. The molecule has 3 nitrogen and oxygen atoms in total. The number of rotatable bonds is 5. The molecule has 1 rings (SSSR count). The summed E-state index contributed by atoms with van der Waals surface area (Å²) < 4.78 is 38.2. The molecular formula is C13H17F3N2OS. The van der Waals surface area contributed by atoms with Crippen molar-refractivity contribution in [3.63, 3.8) is 0 Å². The second-order valence-electron chi connectivity index (χ2n) is 4.30. The molecule has 1 aromatic carbocycles. The van der Waals surface area contributed by atoms with E-state index in [1.807, 2.05) is 13.2 Å². The van der Waals surface area contributed by atoms with E-state index in [1.165, 1.54) is 12.1 Å². The van der Waals surface area contributed by atoms with E-state index < -0.39 is 23.3 Å². The smallest absolute Gasteiger partial charge is 0.398 e. The molecule has 0 aliphatic rings. The molecule has 0 spiro atoms. The van der Waals surface area contributed by atoms with E-state index in [2.05, 4.69) is 5.32 Å². The topological polar surface area (TPSA) is 55.1 Å². The van der Waals surface area contributed by atoms with Crippen molar-refractivity contribution >= 4 is 23.4 Å². The third-order valence-electron chi connectivity index (χ3n) is 2.85. The van der Waals surface area contributed by atoms with Crippen molar-refractivity contribution in [3.05, 3.63) is 29.3 Å². The first-order valence-corrected chi connectivity index (χ1v) is 7.46. The Labute approximate surface area is 120 Å². The fourth-order valence-electron chi connectivity index (χ4n) is 1.74. The Bertz CT molecular complexity index is 477. The van der Waals surface area contributed by atoms with Gasteiger partial charge < -0.3 is 11.1 Å². The SMILES string of the molecule is CCC(CSC)NC(=O)c1cccc(C(F)(F)F)c1N. The van der Waals surface area contributed by atoms with Gasteiger partial charge in [0.2, 0.25) is 0 Å². The number of hydrogen-bond acceptors (Lipinski definition) is 3. The number of hydrogen-bond donors (Lipinski definition) is 2. The molecule has 0 aliphatic heterocycles. The molecule has 0 heterocycles. The van der Waals surface area contributed by atoms with Crippen molar-refractivity contribution < 1.29 is 18.0 Å². The third kappa shape index (κ3) is 4.06. The third-order valence-corrected chi connectivity index (χ3v) is 3.59. The van der Waals surface area contributed by atoms with E-state index >= 15 is 0 Å². The van der Waals surface area contributed by atoms with Crippen LogP contribution < -0.4 is 11.1 Å². The Morgan fingerprint density at radius 1 is 1.45 bits per heavy atom. The predicted octanol–water partition coefficient (Wildman–Crippen LogP) is 3.16. The van der Waals surface area contributed by atoms with Crippen LogP contribution in [0.5, 0.6) is 0 Å². The average molecular weight is 306 g/mol. The molecule has 0 aliphatic carbocycles. The van der Waals surface area contributed by atoms with Gasteiger partial charge in [-0.1, -0.05) is 13.0 Å². The summed E-state index contributed by atoms with van der Waals surface area (Å²) in [5.74, 6) is 0.121. The van der Waals surface area contributed by atoms with Crippen LogP contribution in [0.15, 0.2) is 18.2 Å². The zero-order valence-electron chi connectivity index (χ0n) is 11.3. The van der Waals surface area contributed by atoms with Gasteiger partial charge >= 0.3 is 6.18 Å². The first kappa shape index (κ1) is 16.7. The molecular weight excluding hydrogens is 289 g/mol. The van der Waals surface area contributed by atoms with Crippen LogP contribution in [0.4, 0.5) is 18.9 Å². The quantitative estimate of drug-likeness (QED) is 0.822. The summed E-state index contributed by atoms with van der Waals surface area (Å²) in [7, 11) is 0. The summed E-state index contributed by atoms with van der Waals surface area (Å²) in [5, 5.41) is 2.70. The van der Waals surface area contributed by atoms with Crippen LogP contribution >= 0.6 is 11.8 Å². The number of anilines is 1. The number of para-hydroxylation sites is 1. The lowest BCUT2D eigenvalue weighted by Crippen LogP contribution is -2.36. The molecule has 1 amide bonds. The van der Waals surface area contributed by atoms with Crippen molar-refractivity contribution in [1.29, 1.82) is 0 Å². The highest BCUT2D eigenvalue weighted by Crippen LogP contribution is 2.34. The molecule has 1 atom stereocenters. The summed E-state index contributed by atoms with van der Waals surface area (Å²) in [6.07, 6.45) is -1.97. The summed E-state index contributed by atoms with van der Waals surface area (Å²) in [6.45, 7) is 1.90. The first-order valence-electron chi connectivity index (χ1n) is 6.06. The lowest BCUT2D eigenvalue weighted by Gasteiger charge is -2.18. The molecule has 7 heteroatoms. The standard InChI is InChI=1S/C13H17F3N2OS/c1-3-8(7-20-2)18-12(19)9-5-4-6-10(11(9)17)13(14,15)16/h4-6,8H,3,7,17H2,1-2H3,(H,18,19). The molecule has 0 bridgehead atoms. The minimum atomic E-state index is -4.57. The van der Waals surface area contributed by atoms with Crippen LogP contribution in [-0.2, 0) is 6.18 Å². The fourth-order valence-corrected chi connectivity index (χ4v) is 2.46. The Morgan fingerprint density at radius 2 is 2.10 bits per heavy atom. The van der Waals surface area contributed by atoms with Gasteiger partial charge in [0, 0.05) is 11.8 Å². The van der Waals surface area contributed by atoms with Gasteiger partial charge in [-0.15, -0.1) is 0 Å². The summed E-state index contributed by atoms with van der Waals surface area (Å²) in [4.78, 5) is 12.0. The zero-order valence-corrected chi connectivity index (χ0v) is 12.1. The van der Waals surface area contributed by atoms with Gasteiger partial charge in [-0.25, -0.2) is 0 Å². The Hall–Kier alpha value is -1.37. The van der Waals surface area contributed by atoms with E-state index in [-0.39, 0.29) is 11.6 Å². The minimum Gasteiger partial charge on any atom is -0.398 e. The van der Waals surface area contributed by atoms with Gasteiger partial charge in [0.05, 0.1) is 16.8 Å². The summed E-state index contributed by atoms with van der Waals surface area (Å²) >= 11 is 1.56. The van der Waals surface area contributed by atoms with Crippen molar-refractivity contribution in [2.45, 2.75) is 25.6 Å². The van der Waals surface area contributed by atoms with Gasteiger partial charge in [0.1, 0.15) is 0 Å². The second-order valence-corrected chi connectivity index (χ2v) is 5.21. The average Bonchev–Trinajstić information content (AvgIpc) is 2.36. The van der Waals surface area contributed by atoms with Crippen LogP contribution in [0.1, 0.15) is 29.3 Å². The number of amides is 1. The highest BCUT2D eigenvalue weighted by Gasteiger charge is 2.34. The van der Waals surface area contributed by atoms with Crippen LogP contribution in [-0.4, -0.2) is 24.0 Å². The maximum absolute atomic E-state index is 12.7. The molecule has 1 aromatic rings. The molecule has 112 valence electrons. The number of carbonyl (C=O) groups excluding carboxylic acids is 1. The van der Waals surface area contributed by atoms with Gasteiger partial charge in [0.25, 0.3) is 5.91 Å². The number of alkyl halides is 3. The summed E-state index contributed by atoms with van der Waals surface area (Å²) in [6, 6.07) is 3.26. The maximum Gasteiger partial charge on any atom is 0.418 e. The first-order chi connectivity index (χ1) is 9.31. The van der Waals surface area contributed by atoms with Crippen LogP contribution in [0.3, 0.4) is 0 Å². The number of nitrogens with one attached hydrogen (secondary N) is 1. The molecule has 0 saturated carbocycles. The second kappa shape index (κ2) is 6.88. The predicted molar refractivity (Wildman–Crippen MR) is 75.8 cm³/mol. The Kier molecular flexibility index (Phi) is 5.74. The number of thioether (sulfide) groups is 1. The van der Waals surface area contributed by atoms with E-state index in [9.17, 15) is 18.0 Å². The van der Waals surface area contributed by atoms with Crippen molar-refractivity contribution in [3.8, 4) is 0 Å². The Morgan fingerprint density at radius 3 is 2.60 bits per heavy atom. The van der Waals surface area contributed by atoms with Gasteiger partial charge in [-0.05, 0) is 24.8 Å². The van der Waals surface area contributed by atoms with Gasteiger partial charge in [-0.3, -0.25) is 4.79 Å². The Balaban J connectivity index is 3.00. The molecule has 0 aromatic heterocycles. The van der Waals surface area contributed by atoms with E-state index in [4.69, 9.17) is 5.73 Å². The molecule has 20 heavy (non-hydrogen) atoms. The van der Waals surface area contributed by atoms with Crippen LogP contribution in [0.2, 0.25) is 0 Å². The molecule has 3 N–H and O–H groups in total. The number of nitrogens with two attached hydrogens (primary N) is 1. The molecule has 0 saturated heterocycles. The van der Waals surface area contributed by atoms with Crippen LogP contribution in [0, 0.1) is 0 Å². The van der Waals surface area contributed by atoms with Gasteiger partial charge in [0.15, 0.2) is 0 Å². The van der Waals surface area contributed by atoms with E-state index in [1.54, 1.807) is 11.8 Å². The number of nitrogen functional groups attached to an aromatic ring is 1. The number of halogens is 3. The number of benzene rings is 1. The minimum absolute atomic E-state index is 0.0913. The number of carbonyl (C=O) groups is 1. The van der Waals surface area contributed by atoms with Crippen molar-refractivity contribution in [2.75, 3.05) is 17.7 Å². The fraction of sp³-hybridized carbons (Fsp3) is 0.462. The van der Waals surface area contributed by atoms with Crippen LogP contribution in [0.25, 0.3) is 0 Å². The highest BCUT2D eigenvalue weighted by molar-refractivity contribution is 7.98. The van der Waals surface area contributed by atoms with E-state index in [0.717, 1.165) is 6.07 Å². The molecule has 0 radical (unpaired) electrons. The molecule has 1 unspecified atom stereocenters. The normalized spacial score (nSPS) is 13.1. The zero-order chi connectivity index (χ0) is 15.3. The maximum atomic E-state index is 12.7. The van der Waals surface area contributed by atoms with E-state index in [0.29, 0.717) is 12.2 Å². The largest absolute Gasteiger partial charge is 0.418 e. The van der Waals surface area contributed by atoms with Crippen molar-refractivity contribution in [1.82, 2.24) is 5.32 Å². The van der Waals surface area contributed by atoms with Gasteiger partial charge in [-0.2, -0.15) is 24.9 Å². The lowest BCUT2D eigenvalue weighted by atomic mass is 10.1. The van der Waals surface area contributed by atoms with Crippen molar-refractivity contribution in [2.24, 2.45) is 0 Å².